The first-order valence-electron chi connectivity index (χ1n) is 3.33. The second-order valence-corrected chi connectivity index (χ2v) is 2.17. The fourth-order valence-corrected chi connectivity index (χ4v) is 0.692. The molecule has 1 rings (SSSR count). The molecule has 0 saturated carbocycles. The van der Waals surface area contributed by atoms with Gasteiger partial charge in [0.1, 0.15) is 11.6 Å². The Labute approximate surface area is 70.3 Å². The molecule has 3 heteroatoms. The van der Waals surface area contributed by atoms with E-state index in [-0.39, 0.29) is 0 Å². The van der Waals surface area contributed by atoms with E-state index in [1.165, 1.54) is 19.1 Å². The van der Waals surface area contributed by atoms with Crippen LogP contribution in [0.1, 0.15) is 12.5 Å². The van der Waals surface area contributed by atoms with Gasteiger partial charge in [-0.2, -0.15) is 5.26 Å². The van der Waals surface area contributed by atoms with Crippen molar-refractivity contribution in [2.45, 2.75) is 13.8 Å². The van der Waals surface area contributed by atoms with Gasteiger partial charge in [0, 0.05) is 13.0 Å². The summed E-state index contributed by atoms with van der Waals surface area (Å²) in [5, 5.41) is 7.32. The minimum atomic E-state index is -0.521. The smallest absolute Gasteiger partial charge is 0.126 e. The van der Waals surface area contributed by atoms with E-state index < -0.39 is 11.6 Å². The van der Waals surface area contributed by atoms with Gasteiger partial charge in [-0.1, -0.05) is 0 Å². The highest BCUT2D eigenvalue weighted by Gasteiger charge is 1.93. The average molecular weight is 169 g/mol. The molecule has 64 valence electrons. The predicted molar refractivity (Wildman–Crippen MR) is 42.4 cm³/mol. The highest BCUT2D eigenvalue weighted by Crippen LogP contribution is 2.05. The first kappa shape index (κ1) is 10.6. The maximum Gasteiger partial charge on any atom is 0.126 e. The summed E-state index contributed by atoms with van der Waals surface area (Å²) in [6.45, 7) is 3.08. The lowest BCUT2D eigenvalue weighted by atomic mass is 10.2. The van der Waals surface area contributed by atoms with Crippen LogP contribution in [0, 0.1) is 29.9 Å². The molecule has 0 saturated heterocycles. The molecule has 0 aliphatic carbocycles. The zero-order chi connectivity index (χ0) is 9.56. The van der Waals surface area contributed by atoms with Crippen molar-refractivity contribution in [3.63, 3.8) is 0 Å². The number of hydrogen-bond donors (Lipinski definition) is 0. The quantitative estimate of drug-likeness (QED) is 0.585. The Hall–Kier alpha value is -1.43. The van der Waals surface area contributed by atoms with Crippen LogP contribution in [0.5, 0.6) is 0 Å². The van der Waals surface area contributed by atoms with Crippen molar-refractivity contribution in [2.24, 2.45) is 0 Å². The largest absolute Gasteiger partial charge is 0.207 e. The van der Waals surface area contributed by atoms with Crippen molar-refractivity contribution in [3.8, 4) is 6.07 Å². The summed E-state index contributed by atoms with van der Waals surface area (Å²) < 4.78 is 24.4. The second-order valence-electron chi connectivity index (χ2n) is 2.17. The van der Waals surface area contributed by atoms with Crippen molar-refractivity contribution in [1.82, 2.24) is 0 Å². The Morgan fingerprint density at radius 3 is 1.75 bits per heavy atom. The lowest BCUT2D eigenvalue weighted by Gasteiger charge is -1.91. The Morgan fingerprint density at radius 1 is 1.17 bits per heavy atom. The van der Waals surface area contributed by atoms with E-state index in [9.17, 15) is 8.78 Å². The molecule has 0 spiro atoms. The highest BCUT2D eigenvalue weighted by atomic mass is 19.1. The van der Waals surface area contributed by atoms with Crippen LogP contribution in [0.15, 0.2) is 18.2 Å². The highest BCUT2D eigenvalue weighted by molar-refractivity contribution is 5.15. The molecule has 0 aliphatic rings. The molecule has 0 amide bonds. The Kier molecular flexibility index (Phi) is 4.62. The van der Waals surface area contributed by atoms with E-state index in [4.69, 9.17) is 5.26 Å². The molecule has 0 heterocycles. The molecule has 0 bridgehead atoms. The average Bonchev–Trinajstić information content (AvgIpc) is 1.84. The molecule has 1 aromatic rings. The molecule has 0 atom stereocenters. The number of nitrogens with zero attached hydrogens (tertiary/aromatic N) is 1. The summed E-state index contributed by atoms with van der Waals surface area (Å²) in [5.74, 6) is -1.04. The van der Waals surface area contributed by atoms with Gasteiger partial charge in [-0.05, 0) is 24.6 Å². The van der Waals surface area contributed by atoms with Crippen molar-refractivity contribution in [2.75, 3.05) is 0 Å². The van der Waals surface area contributed by atoms with E-state index in [1.807, 2.05) is 0 Å². The molecule has 0 radical (unpaired) electrons. The fourth-order valence-electron chi connectivity index (χ4n) is 0.692. The third kappa shape index (κ3) is 4.40. The van der Waals surface area contributed by atoms with Gasteiger partial charge in [0.15, 0.2) is 0 Å². The summed E-state index contributed by atoms with van der Waals surface area (Å²) in [7, 11) is 0. The Balaban J connectivity index is 0.000000354. The number of rotatable bonds is 0. The number of nitriles is 1. The fraction of sp³-hybridized carbons (Fsp3) is 0.222. The monoisotopic (exact) mass is 169 g/mol. The van der Waals surface area contributed by atoms with Gasteiger partial charge in [-0.25, -0.2) is 8.78 Å². The van der Waals surface area contributed by atoms with Crippen molar-refractivity contribution in [3.05, 3.63) is 35.4 Å². The molecule has 0 fully saturated rings. The van der Waals surface area contributed by atoms with Gasteiger partial charge >= 0.3 is 0 Å². The van der Waals surface area contributed by atoms with Crippen LogP contribution in [0.3, 0.4) is 0 Å². The van der Waals surface area contributed by atoms with Crippen molar-refractivity contribution in [1.29, 1.82) is 5.26 Å². The van der Waals surface area contributed by atoms with E-state index in [2.05, 4.69) is 0 Å². The molecule has 1 nitrogen and oxygen atoms in total. The van der Waals surface area contributed by atoms with Gasteiger partial charge in [-0.3, -0.25) is 0 Å². The zero-order valence-electron chi connectivity index (χ0n) is 6.94. The summed E-state index contributed by atoms with van der Waals surface area (Å²) in [6, 6.07) is 5.17. The van der Waals surface area contributed by atoms with E-state index in [0.29, 0.717) is 5.56 Å². The topological polar surface area (TPSA) is 23.8 Å². The summed E-state index contributed by atoms with van der Waals surface area (Å²) in [6.07, 6.45) is 0. The standard InChI is InChI=1S/C7H6F2.C2H3N/c1-5-2-6(8)4-7(9)3-5;1-2-3/h2-4H,1H3;1H3. The Morgan fingerprint density at radius 2 is 1.50 bits per heavy atom. The van der Waals surface area contributed by atoms with E-state index in [1.54, 1.807) is 13.0 Å². The molecular formula is C9H9F2N. The molecule has 0 N–H and O–H groups in total. The predicted octanol–water partition coefficient (Wildman–Crippen LogP) is 2.80. The third-order valence-corrected chi connectivity index (χ3v) is 1.01. The van der Waals surface area contributed by atoms with Gasteiger partial charge in [0.25, 0.3) is 0 Å². The lowest BCUT2D eigenvalue weighted by Crippen LogP contribution is -1.80. The molecular weight excluding hydrogens is 160 g/mol. The minimum absolute atomic E-state index is 0.521. The zero-order valence-corrected chi connectivity index (χ0v) is 6.94. The van der Waals surface area contributed by atoms with Crippen LogP contribution in [-0.4, -0.2) is 0 Å². The van der Waals surface area contributed by atoms with Crippen LogP contribution in [-0.2, 0) is 0 Å². The van der Waals surface area contributed by atoms with Crippen LogP contribution in [0.4, 0.5) is 8.78 Å². The SMILES string of the molecule is CC#N.Cc1cc(F)cc(F)c1. The number of benzene rings is 1. The molecule has 12 heavy (non-hydrogen) atoms. The summed E-state index contributed by atoms with van der Waals surface area (Å²) >= 11 is 0. The number of aryl methyl sites for hydroxylation is 1. The van der Waals surface area contributed by atoms with Crippen LogP contribution in [0.2, 0.25) is 0 Å². The maximum absolute atomic E-state index is 12.2. The second kappa shape index (κ2) is 5.25. The van der Waals surface area contributed by atoms with Crippen LogP contribution < -0.4 is 0 Å². The number of halogens is 2. The van der Waals surface area contributed by atoms with Gasteiger partial charge < -0.3 is 0 Å². The lowest BCUT2D eigenvalue weighted by molar-refractivity contribution is 0.581. The molecule has 0 aromatic heterocycles. The van der Waals surface area contributed by atoms with E-state index in [0.717, 1.165) is 6.07 Å². The maximum atomic E-state index is 12.2. The van der Waals surface area contributed by atoms with Crippen LogP contribution >= 0.6 is 0 Å². The normalized spacial score (nSPS) is 7.92. The van der Waals surface area contributed by atoms with E-state index >= 15 is 0 Å². The number of hydrogen-bond acceptors (Lipinski definition) is 1. The van der Waals surface area contributed by atoms with Gasteiger partial charge in [0.2, 0.25) is 0 Å². The Bertz CT molecular complexity index is 239. The van der Waals surface area contributed by atoms with Gasteiger partial charge in [-0.15, -0.1) is 0 Å². The molecule has 1 aromatic carbocycles. The van der Waals surface area contributed by atoms with Gasteiger partial charge in [0.05, 0.1) is 6.07 Å². The van der Waals surface area contributed by atoms with Crippen LogP contribution in [0.25, 0.3) is 0 Å². The first-order valence-corrected chi connectivity index (χ1v) is 3.33. The summed E-state index contributed by atoms with van der Waals surface area (Å²) in [5.41, 5.74) is 0.604. The minimum Gasteiger partial charge on any atom is -0.207 e. The summed E-state index contributed by atoms with van der Waals surface area (Å²) in [4.78, 5) is 0. The molecule has 0 aliphatic heterocycles. The molecule has 0 unspecified atom stereocenters. The first-order chi connectivity index (χ1) is 5.60. The third-order valence-electron chi connectivity index (χ3n) is 1.01. The van der Waals surface area contributed by atoms with Crippen molar-refractivity contribution >= 4 is 0 Å². The van der Waals surface area contributed by atoms with Crippen molar-refractivity contribution < 1.29 is 8.78 Å².